The molecule has 0 bridgehead atoms. The molecule has 0 aromatic heterocycles. The van der Waals surface area contributed by atoms with Gasteiger partial charge >= 0.3 is 0 Å². The van der Waals surface area contributed by atoms with Gasteiger partial charge in [0.2, 0.25) is 0 Å². The molecule has 180 valence electrons. The van der Waals surface area contributed by atoms with Crippen LogP contribution in [0.15, 0.2) is 72.8 Å². The largest absolute Gasteiger partial charge is 0.497 e. The SMILES string of the molecule is COc1ccc(N2CCN(C[C@H](O)COC(c3ccc(F)cc3)c3ccc(F)cc3)CC2)cc1. The molecule has 1 aliphatic rings. The van der Waals surface area contributed by atoms with Gasteiger partial charge in [0.15, 0.2) is 0 Å². The van der Waals surface area contributed by atoms with E-state index in [4.69, 9.17) is 9.47 Å². The maximum absolute atomic E-state index is 13.4. The molecule has 0 aliphatic carbocycles. The number of benzene rings is 3. The fourth-order valence-corrected chi connectivity index (χ4v) is 4.20. The van der Waals surface area contributed by atoms with E-state index in [1.165, 1.54) is 24.3 Å². The Hall–Kier alpha value is -3.00. The number of β-amino-alcohol motifs (C(OH)–C–C–N with tert-alkyl or cyclic N) is 1. The number of anilines is 1. The third kappa shape index (κ3) is 6.32. The van der Waals surface area contributed by atoms with E-state index >= 15 is 0 Å². The first-order chi connectivity index (χ1) is 16.5. The van der Waals surface area contributed by atoms with Crippen molar-refractivity contribution in [2.24, 2.45) is 0 Å². The molecule has 1 atom stereocenters. The van der Waals surface area contributed by atoms with Gasteiger partial charge in [-0.3, -0.25) is 4.90 Å². The Morgan fingerprint density at radius 3 is 1.82 bits per heavy atom. The molecule has 1 heterocycles. The first kappa shape index (κ1) is 24.1. The number of rotatable bonds is 9. The van der Waals surface area contributed by atoms with Crippen molar-refractivity contribution in [3.05, 3.63) is 95.6 Å². The van der Waals surface area contributed by atoms with Crippen LogP contribution < -0.4 is 9.64 Å². The van der Waals surface area contributed by atoms with Crippen LogP contribution in [0, 0.1) is 11.6 Å². The van der Waals surface area contributed by atoms with E-state index in [1.54, 1.807) is 31.4 Å². The quantitative estimate of drug-likeness (QED) is 0.509. The maximum Gasteiger partial charge on any atom is 0.123 e. The fraction of sp³-hybridized carbons (Fsp3) is 0.333. The highest BCUT2D eigenvalue weighted by Crippen LogP contribution is 2.27. The monoisotopic (exact) mass is 468 g/mol. The van der Waals surface area contributed by atoms with Crippen LogP contribution >= 0.6 is 0 Å². The molecule has 0 amide bonds. The highest BCUT2D eigenvalue weighted by atomic mass is 19.1. The zero-order valence-electron chi connectivity index (χ0n) is 19.2. The molecule has 7 heteroatoms. The lowest BCUT2D eigenvalue weighted by molar-refractivity contribution is -0.00897. The van der Waals surface area contributed by atoms with Gasteiger partial charge in [0.1, 0.15) is 23.5 Å². The first-order valence-corrected chi connectivity index (χ1v) is 11.4. The Morgan fingerprint density at radius 2 is 1.32 bits per heavy atom. The fourth-order valence-electron chi connectivity index (χ4n) is 4.20. The van der Waals surface area contributed by atoms with Gasteiger partial charge in [-0.25, -0.2) is 8.78 Å². The molecule has 3 aromatic rings. The minimum absolute atomic E-state index is 0.109. The zero-order chi connectivity index (χ0) is 23.9. The third-order valence-corrected chi connectivity index (χ3v) is 6.08. The maximum atomic E-state index is 13.4. The van der Waals surface area contributed by atoms with E-state index in [0.29, 0.717) is 6.54 Å². The van der Waals surface area contributed by atoms with Crippen molar-refractivity contribution < 1.29 is 23.4 Å². The third-order valence-electron chi connectivity index (χ3n) is 6.08. The molecule has 0 spiro atoms. The van der Waals surface area contributed by atoms with Crippen molar-refractivity contribution in [1.29, 1.82) is 0 Å². The molecule has 0 saturated carbocycles. The van der Waals surface area contributed by atoms with Gasteiger partial charge in [-0.2, -0.15) is 0 Å². The van der Waals surface area contributed by atoms with Gasteiger partial charge in [0.25, 0.3) is 0 Å². The van der Waals surface area contributed by atoms with Gasteiger partial charge in [-0.15, -0.1) is 0 Å². The summed E-state index contributed by atoms with van der Waals surface area (Å²) in [5, 5.41) is 10.7. The molecular weight excluding hydrogens is 438 g/mol. The lowest BCUT2D eigenvalue weighted by Crippen LogP contribution is -2.49. The Balaban J connectivity index is 1.31. The Morgan fingerprint density at radius 1 is 0.794 bits per heavy atom. The molecule has 1 aliphatic heterocycles. The lowest BCUT2D eigenvalue weighted by Gasteiger charge is -2.37. The van der Waals surface area contributed by atoms with E-state index in [0.717, 1.165) is 48.7 Å². The molecule has 4 rings (SSSR count). The predicted octanol–water partition coefficient (Wildman–Crippen LogP) is 4.26. The minimum Gasteiger partial charge on any atom is -0.497 e. The number of methoxy groups -OCH3 is 1. The van der Waals surface area contributed by atoms with Crippen LogP contribution in [0.25, 0.3) is 0 Å². The van der Waals surface area contributed by atoms with Gasteiger partial charge in [0, 0.05) is 38.4 Å². The van der Waals surface area contributed by atoms with Gasteiger partial charge in [0.05, 0.1) is 19.8 Å². The highest BCUT2D eigenvalue weighted by molar-refractivity contribution is 5.49. The molecule has 1 fully saturated rings. The molecule has 1 N–H and O–H groups in total. The smallest absolute Gasteiger partial charge is 0.123 e. The second-order valence-corrected chi connectivity index (χ2v) is 8.46. The zero-order valence-corrected chi connectivity index (χ0v) is 19.2. The molecule has 34 heavy (non-hydrogen) atoms. The van der Waals surface area contributed by atoms with Crippen molar-refractivity contribution in [1.82, 2.24) is 4.90 Å². The van der Waals surface area contributed by atoms with E-state index in [2.05, 4.69) is 21.9 Å². The Bertz CT molecular complexity index is 976. The normalized spacial score (nSPS) is 15.5. The minimum atomic E-state index is -0.684. The first-order valence-electron chi connectivity index (χ1n) is 11.4. The molecule has 1 saturated heterocycles. The van der Waals surface area contributed by atoms with Crippen LogP contribution in [0.5, 0.6) is 5.75 Å². The second-order valence-electron chi connectivity index (χ2n) is 8.46. The lowest BCUT2D eigenvalue weighted by atomic mass is 10.0. The number of piperazine rings is 1. The van der Waals surface area contributed by atoms with Crippen LogP contribution in [0.1, 0.15) is 17.2 Å². The topological polar surface area (TPSA) is 45.2 Å². The van der Waals surface area contributed by atoms with Gasteiger partial charge in [-0.1, -0.05) is 24.3 Å². The number of halogens is 2. The second kappa shape index (κ2) is 11.4. The number of nitrogens with zero attached hydrogens (tertiary/aromatic N) is 2. The number of aliphatic hydroxyl groups excluding tert-OH is 1. The number of hydrogen-bond donors (Lipinski definition) is 1. The standard InChI is InChI=1S/C27H30F2N2O3/c1-33-26-12-10-24(11-13-26)31-16-14-30(15-17-31)18-25(32)19-34-27(20-2-6-22(28)7-3-20)21-4-8-23(29)9-5-21/h2-13,25,27,32H,14-19H2,1H3/t25-/m0/s1. The summed E-state index contributed by atoms with van der Waals surface area (Å²) in [6, 6.07) is 20.1. The summed E-state index contributed by atoms with van der Waals surface area (Å²) < 4.78 is 38.1. The summed E-state index contributed by atoms with van der Waals surface area (Å²) >= 11 is 0. The summed E-state index contributed by atoms with van der Waals surface area (Å²) in [4.78, 5) is 4.54. The summed E-state index contributed by atoms with van der Waals surface area (Å²) in [5.41, 5.74) is 2.65. The molecule has 0 unspecified atom stereocenters. The van der Waals surface area contributed by atoms with Crippen LogP contribution in [-0.2, 0) is 4.74 Å². The molecule has 5 nitrogen and oxygen atoms in total. The number of aliphatic hydroxyl groups is 1. The molecular formula is C27H30F2N2O3. The summed E-state index contributed by atoms with van der Waals surface area (Å²) in [7, 11) is 1.66. The van der Waals surface area contributed by atoms with Crippen molar-refractivity contribution in [3.8, 4) is 5.75 Å². The number of ether oxygens (including phenoxy) is 2. The molecule has 3 aromatic carbocycles. The van der Waals surface area contributed by atoms with Crippen LogP contribution in [0.2, 0.25) is 0 Å². The van der Waals surface area contributed by atoms with Crippen molar-refractivity contribution in [2.75, 3.05) is 51.3 Å². The Kier molecular flexibility index (Phi) is 8.11. The highest BCUT2D eigenvalue weighted by Gasteiger charge is 2.22. The van der Waals surface area contributed by atoms with E-state index < -0.39 is 12.2 Å². The molecule has 0 radical (unpaired) electrons. The van der Waals surface area contributed by atoms with Crippen LogP contribution in [0.4, 0.5) is 14.5 Å². The summed E-state index contributed by atoms with van der Waals surface area (Å²) in [6.45, 7) is 4.01. The van der Waals surface area contributed by atoms with Crippen molar-refractivity contribution >= 4 is 5.69 Å². The van der Waals surface area contributed by atoms with Crippen LogP contribution in [-0.4, -0.2) is 62.6 Å². The van der Waals surface area contributed by atoms with E-state index in [-0.39, 0.29) is 18.2 Å². The van der Waals surface area contributed by atoms with E-state index in [1.807, 2.05) is 12.1 Å². The van der Waals surface area contributed by atoms with Gasteiger partial charge < -0.3 is 19.5 Å². The Labute approximate surface area is 199 Å². The van der Waals surface area contributed by atoms with Crippen molar-refractivity contribution in [2.45, 2.75) is 12.2 Å². The number of hydrogen-bond acceptors (Lipinski definition) is 5. The van der Waals surface area contributed by atoms with Crippen molar-refractivity contribution in [3.63, 3.8) is 0 Å². The summed E-state index contributed by atoms with van der Waals surface area (Å²) in [6.07, 6.45) is -1.21. The average molecular weight is 469 g/mol. The van der Waals surface area contributed by atoms with Crippen LogP contribution in [0.3, 0.4) is 0 Å². The van der Waals surface area contributed by atoms with Gasteiger partial charge in [-0.05, 0) is 59.7 Å². The van der Waals surface area contributed by atoms with E-state index in [9.17, 15) is 13.9 Å². The predicted molar refractivity (Wildman–Crippen MR) is 128 cm³/mol. The summed E-state index contributed by atoms with van der Waals surface area (Å²) in [5.74, 6) is 0.163. The average Bonchev–Trinajstić information content (AvgIpc) is 2.87.